The quantitative estimate of drug-likeness (QED) is 0.571. The molecule has 12 heteroatoms. The van der Waals surface area contributed by atoms with Gasteiger partial charge in [0.1, 0.15) is 11.4 Å². The zero-order valence-electron chi connectivity index (χ0n) is 16.6. The summed E-state index contributed by atoms with van der Waals surface area (Å²) in [4.78, 5) is 14.1. The third kappa shape index (κ3) is 4.70. The zero-order chi connectivity index (χ0) is 22.9. The lowest BCUT2D eigenvalue weighted by molar-refractivity contribution is -0.274. The van der Waals surface area contributed by atoms with Gasteiger partial charge in [-0.05, 0) is 36.4 Å². The average Bonchev–Trinajstić information content (AvgIpc) is 3.16. The molecule has 3 aromatic rings. The molecule has 170 valence electrons. The van der Waals surface area contributed by atoms with Crippen LogP contribution in [0, 0.1) is 0 Å². The summed E-state index contributed by atoms with van der Waals surface area (Å²) in [6.07, 6.45) is -4.83. The van der Waals surface area contributed by atoms with Gasteiger partial charge in [-0.3, -0.25) is 4.79 Å². The summed E-state index contributed by atoms with van der Waals surface area (Å²) in [6, 6.07) is 11.2. The van der Waals surface area contributed by atoms with E-state index in [0.29, 0.717) is 11.3 Å². The summed E-state index contributed by atoms with van der Waals surface area (Å²) in [7, 11) is -3.92. The van der Waals surface area contributed by atoms with Crippen LogP contribution in [0.15, 0.2) is 57.9 Å². The lowest BCUT2D eigenvalue weighted by Crippen LogP contribution is -2.50. The minimum Gasteiger partial charge on any atom is -0.406 e. The number of ether oxygens (including phenoxy) is 1. The Morgan fingerprint density at radius 2 is 1.69 bits per heavy atom. The van der Waals surface area contributed by atoms with Crippen LogP contribution in [0.1, 0.15) is 5.69 Å². The molecule has 8 nitrogen and oxygen atoms in total. The molecule has 4 rings (SSSR count). The number of sulfonamides is 1. The topological polar surface area (TPSA) is 93.0 Å². The van der Waals surface area contributed by atoms with Gasteiger partial charge in [-0.15, -0.1) is 13.2 Å². The van der Waals surface area contributed by atoms with E-state index in [1.807, 2.05) is 12.1 Å². The first-order chi connectivity index (χ1) is 15.1. The summed E-state index contributed by atoms with van der Waals surface area (Å²) < 4.78 is 72.6. The minimum atomic E-state index is -4.86. The molecule has 0 saturated carbocycles. The van der Waals surface area contributed by atoms with Crippen molar-refractivity contribution in [2.75, 3.05) is 26.2 Å². The molecule has 1 amide bonds. The van der Waals surface area contributed by atoms with Crippen molar-refractivity contribution in [3.05, 3.63) is 54.2 Å². The van der Waals surface area contributed by atoms with E-state index in [-0.39, 0.29) is 43.4 Å². The fourth-order valence-corrected chi connectivity index (χ4v) is 4.88. The van der Waals surface area contributed by atoms with E-state index < -0.39 is 22.1 Å². The van der Waals surface area contributed by atoms with Gasteiger partial charge in [0.05, 0.1) is 11.3 Å². The van der Waals surface area contributed by atoms with Gasteiger partial charge in [-0.1, -0.05) is 17.3 Å². The molecule has 2 aromatic carbocycles. The highest BCUT2D eigenvalue weighted by atomic mass is 32.2. The van der Waals surface area contributed by atoms with Crippen molar-refractivity contribution in [1.82, 2.24) is 14.4 Å². The van der Waals surface area contributed by atoms with Crippen LogP contribution < -0.4 is 4.74 Å². The highest BCUT2D eigenvalue weighted by Crippen LogP contribution is 2.26. The zero-order valence-corrected chi connectivity index (χ0v) is 17.4. The number of carbonyl (C=O) groups is 1. The Labute approximate surface area is 181 Å². The van der Waals surface area contributed by atoms with Crippen LogP contribution in [0.3, 0.4) is 0 Å². The molecule has 0 unspecified atom stereocenters. The number of para-hydroxylation sites is 1. The first-order valence-electron chi connectivity index (χ1n) is 9.60. The number of benzene rings is 2. The summed E-state index contributed by atoms with van der Waals surface area (Å²) in [5.41, 5.74) is 1.10. The lowest BCUT2D eigenvalue weighted by Gasteiger charge is -2.34. The third-order valence-electron chi connectivity index (χ3n) is 5.06. The Bertz CT molecular complexity index is 1220. The molecule has 1 aromatic heterocycles. The molecular weight excluding hydrogens is 451 g/mol. The van der Waals surface area contributed by atoms with Gasteiger partial charge in [-0.25, -0.2) is 8.42 Å². The SMILES string of the molecule is O=C(Cc1noc2ccccc12)N1CCN(S(=O)(=O)c2ccc(OC(F)(F)F)cc2)CC1. The molecule has 0 N–H and O–H groups in total. The molecule has 0 spiro atoms. The Kier molecular flexibility index (Phi) is 5.82. The highest BCUT2D eigenvalue weighted by Gasteiger charge is 2.33. The van der Waals surface area contributed by atoms with E-state index in [4.69, 9.17) is 4.52 Å². The predicted octanol–water partition coefficient (Wildman–Crippen LogP) is 2.80. The molecule has 1 fully saturated rings. The van der Waals surface area contributed by atoms with E-state index in [1.165, 1.54) is 4.31 Å². The van der Waals surface area contributed by atoms with Gasteiger partial charge in [0.25, 0.3) is 0 Å². The number of fused-ring (bicyclic) bond motifs is 1. The summed E-state index contributed by atoms with van der Waals surface area (Å²) in [6.45, 7) is 0.495. The standard InChI is InChI=1S/C20H18F3N3O5S/c21-20(22,23)30-14-5-7-15(8-6-14)32(28,29)26-11-9-25(10-12-26)19(27)13-17-16-3-1-2-4-18(16)31-24-17/h1-8H,9-13H2. The van der Waals surface area contributed by atoms with E-state index >= 15 is 0 Å². The molecule has 0 atom stereocenters. The Morgan fingerprint density at radius 3 is 2.34 bits per heavy atom. The van der Waals surface area contributed by atoms with Gasteiger partial charge < -0.3 is 14.2 Å². The van der Waals surface area contributed by atoms with Crippen molar-refractivity contribution in [2.24, 2.45) is 0 Å². The molecular formula is C20H18F3N3O5S. The molecule has 0 bridgehead atoms. The predicted molar refractivity (Wildman–Crippen MR) is 106 cm³/mol. The summed E-state index contributed by atoms with van der Waals surface area (Å²) >= 11 is 0. The number of piperazine rings is 1. The van der Waals surface area contributed by atoms with Crippen LogP contribution in [-0.4, -0.2) is 61.2 Å². The van der Waals surface area contributed by atoms with Crippen molar-refractivity contribution in [3.8, 4) is 5.75 Å². The normalized spacial score (nSPS) is 15.8. The van der Waals surface area contributed by atoms with Crippen molar-refractivity contribution in [3.63, 3.8) is 0 Å². The number of hydrogen-bond acceptors (Lipinski definition) is 6. The van der Waals surface area contributed by atoms with E-state index in [9.17, 15) is 26.4 Å². The van der Waals surface area contributed by atoms with E-state index in [0.717, 1.165) is 29.7 Å². The van der Waals surface area contributed by atoms with Gasteiger partial charge in [0, 0.05) is 31.6 Å². The summed E-state index contributed by atoms with van der Waals surface area (Å²) in [5, 5.41) is 4.69. The number of aromatic nitrogens is 1. The number of nitrogens with zero attached hydrogens (tertiary/aromatic N) is 3. The van der Waals surface area contributed by atoms with Gasteiger partial charge in [0.2, 0.25) is 15.9 Å². The number of rotatable bonds is 5. The Balaban J connectivity index is 1.37. The van der Waals surface area contributed by atoms with Crippen LogP contribution in [0.4, 0.5) is 13.2 Å². The summed E-state index contributed by atoms with van der Waals surface area (Å²) in [5.74, 6) is -0.706. The number of hydrogen-bond donors (Lipinski definition) is 0. The monoisotopic (exact) mass is 469 g/mol. The van der Waals surface area contributed by atoms with Crippen molar-refractivity contribution >= 4 is 26.9 Å². The average molecular weight is 469 g/mol. The second-order valence-electron chi connectivity index (χ2n) is 7.11. The smallest absolute Gasteiger partial charge is 0.406 e. The first kappa shape index (κ1) is 22.1. The second kappa shape index (κ2) is 8.43. The molecule has 2 heterocycles. The van der Waals surface area contributed by atoms with Gasteiger partial charge >= 0.3 is 6.36 Å². The fourth-order valence-electron chi connectivity index (χ4n) is 3.46. The number of amides is 1. The van der Waals surface area contributed by atoms with Crippen molar-refractivity contribution in [2.45, 2.75) is 17.7 Å². The molecule has 0 aliphatic carbocycles. The second-order valence-corrected chi connectivity index (χ2v) is 9.04. The number of halogens is 3. The molecule has 32 heavy (non-hydrogen) atoms. The largest absolute Gasteiger partial charge is 0.573 e. The van der Waals surface area contributed by atoms with E-state index in [2.05, 4.69) is 9.89 Å². The van der Waals surface area contributed by atoms with Crippen LogP contribution >= 0.6 is 0 Å². The maximum absolute atomic E-state index is 12.8. The third-order valence-corrected chi connectivity index (χ3v) is 6.97. The Morgan fingerprint density at radius 1 is 1.03 bits per heavy atom. The first-order valence-corrected chi connectivity index (χ1v) is 11.0. The maximum Gasteiger partial charge on any atom is 0.573 e. The van der Waals surface area contributed by atoms with Crippen LogP contribution in [0.25, 0.3) is 11.0 Å². The van der Waals surface area contributed by atoms with Crippen LogP contribution in [0.5, 0.6) is 5.75 Å². The number of carbonyl (C=O) groups excluding carboxylic acids is 1. The minimum absolute atomic E-state index is 0.0322. The molecule has 1 saturated heterocycles. The van der Waals surface area contributed by atoms with Crippen molar-refractivity contribution in [1.29, 1.82) is 0 Å². The van der Waals surface area contributed by atoms with Crippen LogP contribution in [-0.2, 0) is 21.2 Å². The lowest BCUT2D eigenvalue weighted by atomic mass is 10.1. The van der Waals surface area contributed by atoms with Gasteiger partial charge in [0.15, 0.2) is 5.58 Å². The maximum atomic E-state index is 12.8. The number of alkyl halides is 3. The molecule has 0 radical (unpaired) electrons. The highest BCUT2D eigenvalue weighted by molar-refractivity contribution is 7.89. The van der Waals surface area contributed by atoms with E-state index in [1.54, 1.807) is 17.0 Å². The van der Waals surface area contributed by atoms with Crippen molar-refractivity contribution < 1.29 is 35.6 Å². The fraction of sp³-hybridized carbons (Fsp3) is 0.300. The Hall–Kier alpha value is -3.12. The van der Waals surface area contributed by atoms with Gasteiger partial charge in [-0.2, -0.15) is 4.31 Å². The molecule has 1 aliphatic heterocycles. The van der Waals surface area contributed by atoms with Crippen LogP contribution in [0.2, 0.25) is 0 Å². The molecule has 1 aliphatic rings.